The minimum atomic E-state index is 0.208. The molecule has 104 valence electrons. The summed E-state index contributed by atoms with van der Waals surface area (Å²) in [6.07, 6.45) is 5.70. The van der Waals surface area contributed by atoms with Gasteiger partial charge in [-0.15, -0.1) is 11.3 Å². The fourth-order valence-corrected chi connectivity index (χ4v) is 4.47. The first-order valence-electron chi connectivity index (χ1n) is 7.31. The van der Waals surface area contributed by atoms with Crippen molar-refractivity contribution in [3.05, 3.63) is 21.4 Å². The number of nitrogens with zero attached hydrogens (tertiary/aromatic N) is 1. The van der Waals surface area contributed by atoms with E-state index in [1.807, 2.05) is 4.90 Å². The van der Waals surface area contributed by atoms with Gasteiger partial charge in [-0.3, -0.25) is 4.79 Å². The van der Waals surface area contributed by atoms with Gasteiger partial charge in [0.2, 0.25) is 0 Å². The zero-order chi connectivity index (χ0) is 13.4. The molecule has 2 heterocycles. The Bertz CT molecular complexity index is 482. The van der Waals surface area contributed by atoms with Gasteiger partial charge in [0.25, 0.3) is 5.91 Å². The lowest BCUT2D eigenvalue weighted by Gasteiger charge is -2.22. The maximum atomic E-state index is 12.6. The van der Waals surface area contributed by atoms with E-state index >= 15 is 0 Å². The summed E-state index contributed by atoms with van der Waals surface area (Å²) in [6, 6.07) is 2.40. The van der Waals surface area contributed by atoms with Crippen molar-refractivity contribution in [1.29, 1.82) is 0 Å². The average molecular weight is 278 g/mol. The first-order chi connectivity index (χ1) is 9.19. The van der Waals surface area contributed by atoms with Crippen molar-refractivity contribution in [2.75, 3.05) is 13.1 Å². The molecule has 3 nitrogen and oxygen atoms in total. The zero-order valence-corrected chi connectivity index (χ0v) is 12.3. The Labute approximate surface area is 118 Å². The normalized spacial score (nSPS) is 26.5. The zero-order valence-electron chi connectivity index (χ0n) is 11.5. The molecular weight excluding hydrogens is 256 g/mol. The molecule has 1 aliphatic heterocycles. The number of carbonyl (C=O) groups excluding carboxylic acids is 1. The standard InChI is InChI=1S/C15H22N2OS/c1-10-4-5-13-11(7-10)8-14(19-13)15(18)17-6-2-3-12(17)9-16/h8,10,12H,2-7,9,16H2,1H3. The van der Waals surface area contributed by atoms with Crippen LogP contribution in [-0.2, 0) is 12.8 Å². The number of amides is 1. The van der Waals surface area contributed by atoms with Crippen LogP contribution >= 0.6 is 11.3 Å². The summed E-state index contributed by atoms with van der Waals surface area (Å²) in [5, 5.41) is 0. The van der Waals surface area contributed by atoms with Gasteiger partial charge >= 0.3 is 0 Å². The molecule has 19 heavy (non-hydrogen) atoms. The first-order valence-corrected chi connectivity index (χ1v) is 8.13. The lowest BCUT2D eigenvalue weighted by Crippen LogP contribution is -2.39. The van der Waals surface area contributed by atoms with Crippen LogP contribution in [0.1, 0.15) is 46.3 Å². The highest BCUT2D eigenvalue weighted by Gasteiger charge is 2.30. The van der Waals surface area contributed by atoms with Gasteiger partial charge in [0.05, 0.1) is 4.88 Å². The van der Waals surface area contributed by atoms with Gasteiger partial charge in [0.1, 0.15) is 0 Å². The quantitative estimate of drug-likeness (QED) is 0.903. The maximum Gasteiger partial charge on any atom is 0.264 e. The van der Waals surface area contributed by atoms with Gasteiger partial charge in [-0.2, -0.15) is 0 Å². The van der Waals surface area contributed by atoms with E-state index in [0.29, 0.717) is 6.54 Å². The number of hydrogen-bond donors (Lipinski definition) is 1. The maximum absolute atomic E-state index is 12.6. The number of nitrogens with two attached hydrogens (primary N) is 1. The third-order valence-electron chi connectivity index (χ3n) is 4.45. The monoisotopic (exact) mass is 278 g/mol. The summed E-state index contributed by atoms with van der Waals surface area (Å²) in [6.45, 7) is 3.76. The molecule has 0 bridgehead atoms. The topological polar surface area (TPSA) is 46.3 Å². The van der Waals surface area contributed by atoms with Gasteiger partial charge in [-0.05, 0) is 49.7 Å². The van der Waals surface area contributed by atoms with Crippen molar-refractivity contribution < 1.29 is 4.79 Å². The molecule has 1 amide bonds. The fourth-order valence-electron chi connectivity index (χ4n) is 3.30. The Kier molecular flexibility index (Phi) is 3.63. The van der Waals surface area contributed by atoms with Crippen LogP contribution in [0.25, 0.3) is 0 Å². The predicted molar refractivity (Wildman–Crippen MR) is 78.6 cm³/mol. The Morgan fingerprint density at radius 2 is 2.37 bits per heavy atom. The first kappa shape index (κ1) is 13.1. The average Bonchev–Trinajstić information content (AvgIpc) is 3.03. The SMILES string of the molecule is CC1CCc2sc(C(=O)N3CCCC3CN)cc2C1. The van der Waals surface area contributed by atoms with Crippen LogP contribution in [0.3, 0.4) is 0 Å². The third-order valence-corrected chi connectivity index (χ3v) is 5.68. The summed E-state index contributed by atoms with van der Waals surface area (Å²) < 4.78 is 0. The van der Waals surface area contributed by atoms with E-state index in [4.69, 9.17) is 5.73 Å². The Morgan fingerprint density at radius 3 is 3.16 bits per heavy atom. The van der Waals surface area contributed by atoms with E-state index in [0.717, 1.165) is 43.0 Å². The van der Waals surface area contributed by atoms with Crippen molar-refractivity contribution in [2.45, 2.75) is 45.1 Å². The fraction of sp³-hybridized carbons (Fsp3) is 0.667. The van der Waals surface area contributed by atoms with Crippen LogP contribution in [0.4, 0.5) is 0 Å². The van der Waals surface area contributed by atoms with E-state index in [-0.39, 0.29) is 11.9 Å². The van der Waals surface area contributed by atoms with E-state index in [1.54, 1.807) is 11.3 Å². The van der Waals surface area contributed by atoms with Crippen molar-refractivity contribution >= 4 is 17.2 Å². The molecule has 0 saturated carbocycles. The number of aryl methyl sites for hydroxylation is 1. The molecule has 3 rings (SSSR count). The molecule has 1 aromatic rings. The second-order valence-corrected chi connectivity index (χ2v) is 7.07. The van der Waals surface area contributed by atoms with Crippen molar-refractivity contribution in [1.82, 2.24) is 4.90 Å². The summed E-state index contributed by atoms with van der Waals surface area (Å²) in [7, 11) is 0. The highest BCUT2D eigenvalue weighted by Crippen LogP contribution is 2.33. The molecule has 0 aromatic carbocycles. The van der Waals surface area contributed by atoms with E-state index < -0.39 is 0 Å². The molecule has 1 aliphatic carbocycles. The molecule has 0 spiro atoms. The van der Waals surface area contributed by atoms with Crippen molar-refractivity contribution in [3.8, 4) is 0 Å². The van der Waals surface area contributed by atoms with Gasteiger partial charge < -0.3 is 10.6 Å². The minimum Gasteiger partial charge on any atom is -0.334 e. The highest BCUT2D eigenvalue weighted by molar-refractivity contribution is 7.14. The van der Waals surface area contributed by atoms with Gasteiger partial charge in [-0.25, -0.2) is 0 Å². The Morgan fingerprint density at radius 1 is 1.53 bits per heavy atom. The van der Waals surface area contributed by atoms with Crippen LogP contribution in [0.15, 0.2) is 6.07 Å². The molecule has 1 aromatic heterocycles. The number of thiophene rings is 1. The highest BCUT2D eigenvalue weighted by atomic mass is 32.1. The van der Waals surface area contributed by atoms with Crippen molar-refractivity contribution in [2.24, 2.45) is 11.7 Å². The minimum absolute atomic E-state index is 0.208. The second-order valence-electron chi connectivity index (χ2n) is 5.94. The summed E-state index contributed by atoms with van der Waals surface area (Å²) in [5.74, 6) is 0.966. The van der Waals surface area contributed by atoms with Crippen LogP contribution in [0.2, 0.25) is 0 Å². The van der Waals surface area contributed by atoms with Crippen LogP contribution in [-0.4, -0.2) is 29.9 Å². The number of likely N-dealkylation sites (tertiary alicyclic amines) is 1. The number of hydrogen-bond acceptors (Lipinski definition) is 3. The number of carbonyl (C=O) groups is 1. The largest absolute Gasteiger partial charge is 0.334 e. The van der Waals surface area contributed by atoms with Crippen LogP contribution < -0.4 is 5.73 Å². The van der Waals surface area contributed by atoms with Gasteiger partial charge in [0.15, 0.2) is 0 Å². The Balaban J connectivity index is 1.81. The molecule has 2 atom stereocenters. The smallest absolute Gasteiger partial charge is 0.264 e. The summed E-state index contributed by atoms with van der Waals surface area (Å²) >= 11 is 1.71. The molecule has 2 unspecified atom stereocenters. The lowest BCUT2D eigenvalue weighted by molar-refractivity contribution is 0.0746. The van der Waals surface area contributed by atoms with Gasteiger partial charge in [0, 0.05) is 24.0 Å². The van der Waals surface area contributed by atoms with E-state index in [2.05, 4.69) is 13.0 Å². The molecule has 2 aliphatic rings. The Hall–Kier alpha value is -0.870. The number of rotatable bonds is 2. The molecule has 2 N–H and O–H groups in total. The van der Waals surface area contributed by atoms with E-state index in [9.17, 15) is 4.79 Å². The second kappa shape index (κ2) is 5.25. The molecule has 1 saturated heterocycles. The van der Waals surface area contributed by atoms with Crippen molar-refractivity contribution in [3.63, 3.8) is 0 Å². The number of fused-ring (bicyclic) bond motifs is 1. The van der Waals surface area contributed by atoms with Crippen LogP contribution in [0, 0.1) is 5.92 Å². The summed E-state index contributed by atoms with van der Waals surface area (Å²) in [4.78, 5) is 16.9. The van der Waals surface area contributed by atoms with E-state index in [1.165, 1.54) is 16.9 Å². The predicted octanol–water partition coefficient (Wildman–Crippen LogP) is 2.44. The third kappa shape index (κ3) is 2.43. The summed E-state index contributed by atoms with van der Waals surface area (Å²) in [5.41, 5.74) is 7.18. The molecule has 0 radical (unpaired) electrons. The van der Waals surface area contributed by atoms with Crippen LogP contribution in [0.5, 0.6) is 0 Å². The lowest BCUT2D eigenvalue weighted by atomic mass is 9.90. The molecule has 4 heteroatoms. The van der Waals surface area contributed by atoms with Gasteiger partial charge in [-0.1, -0.05) is 6.92 Å². The molecular formula is C15H22N2OS. The molecule has 1 fully saturated rings.